The lowest BCUT2D eigenvalue weighted by Crippen LogP contribution is -2.41. The number of benzene rings is 1. The number of aliphatic carboxylic acids is 1. The molecule has 1 atom stereocenters. The summed E-state index contributed by atoms with van der Waals surface area (Å²) in [6.45, 7) is 3.67. The molecule has 1 aromatic rings. The second-order valence-corrected chi connectivity index (χ2v) is 8.66. The third-order valence-electron chi connectivity index (χ3n) is 4.78. The molecule has 27 heavy (non-hydrogen) atoms. The molecule has 0 aliphatic heterocycles. The number of sulfonamides is 1. The molecule has 0 heterocycles. The summed E-state index contributed by atoms with van der Waals surface area (Å²) in [7, 11) is -3.65. The fourth-order valence-electron chi connectivity index (χ4n) is 2.99. The fraction of sp³-hybridized carbons (Fsp3) is 0.556. The summed E-state index contributed by atoms with van der Waals surface area (Å²) in [6, 6.07) is 5.36. The number of carbonyl (C=O) groups excluding carboxylic acids is 1. The van der Waals surface area contributed by atoms with Gasteiger partial charge < -0.3 is 15.7 Å². The van der Waals surface area contributed by atoms with Crippen molar-refractivity contribution in [1.29, 1.82) is 0 Å². The topological polar surface area (TPSA) is 125 Å². The monoisotopic (exact) mass is 397 g/mol. The second-order valence-electron chi connectivity index (χ2n) is 6.94. The van der Waals surface area contributed by atoms with E-state index in [4.69, 9.17) is 5.11 Å². The van der Waals surface area contributed by atoms with Crippen molar-refractivity contribution >= 4 is 27.7 Å². The van der Waals surface area contributed by atoms with Crippen molar-refractivity contribution in [1.82, 2.24) is 10.0 Å². The van der Waals surface area contributed by atoms with Crippen LogP contribution in [0, 0.1) is 5.92 Å². The van der Waals surface area contributed by atoms with Gasteiger partial charge in [0.1, 0.15) is 0 Å². The molecule has 1 aliphatic carbocycles. The predicted molar refractivity (Wildman–Crippen MR) is 102 cm³/mol. The molecule has 1 unspecified atom stereocenters. The highest BCUT2D eigenvalue weighted by atomic mass is 32.2. The molecular weight excluding hydrogens is 370 g/mol. The first kappa shape index (κ1) is 21.2. The first-order valence-electron chi connectivity index (χ1n) is 9.14. The summed E-state index contributed by atoms with van der Waals surface area (Å²) in [4.78, 5) is 23.2. The van der Waals surface area contributed by atoms with Crippen molar-refractivity contribution < 1.29 is 23.1 Å². The van der Waals surface area contributed by atoms with Crippen LogP contribution in [0.4, 0.5) is 10.5 Å². The lowest BCUT2D eigenvalue weighted by atomic mass is 9.86. The van der Waals surface area contributed by atoms with Crippen molar-refractivity contribution in [2.75, 3.05) is 5.32 Å². The highest BCUT2D eigenvalue weighted by Gasteiger charge is 2.26. The largest absolute Gasteiger partial charge is 0.481 e. The highest BCUT2D eigenvalue weighted by Crippen LogP contribution is 2.24. The molecular formula is C18H27N3O5S. The van der Waals surface area contributed by atoms with Crippen LogP contribution in [0.5, 0.6) is 0 Å². The van der Waals surface area contributed by atoms with Crippen LogP contribution in [-0.4, -0.2) is 37.6 Å². The number of nitrogens with one attached hydrogen (secondary N) is 3. The quantitative estimate of drug-likeness (QED) is 0.563. The minimum atomic E-state index is -3.65. The van der Waals surface area contributed by atoms with E-state index in [0.717, 1.165) is 0 Å². The van der Waals surface area contributed by atoms with E-state index in [1.54, 1.807) is 19.1 Å². The lowest BCUT2D eigenvalue weighted by Gasteiger charge is -2.26. The van der Waals surface area contributed by atoms with E-state index in [1.807, 2.05) is 6.92 Å². The maximum absolute atomic E-state index is 12.4. The third-order valence-corrected chi connectivity index (χ3v) is 6.37. The molecule has 1 saturated carbocycles. The van der Waals surface area contributed by atoms with E-state index in [2.05, 4.69) is 15.4 Å². The predicted octanol–water partition coefficient (Wildman–Crippen LogP) is 2.53. The first-order chi connectivity index (χ1) is 12.7. The minimum Gasteiger partial charge on any atom is -0.481 e. The maximum atomic E-state index is 12.4. The second kappa shape index (κ2) is 9.18. The van der Waals surface area contributed by atoms with Gasteiger partial charge in [-0.2, -0.15) is 0 Å². The molecule has 1 fully saturated rings. The Labute approximate surface area is 159 Å². The molecule has 1 aromatic carbocycles. The van der Waals surface area contributed by atoms with Gasteiger partial charge in [0.25, 0.3) is 0 Å². The van der Waals surface area contributed by atoms with Crippen molar-refractivity contribution in [2.24, 2.45) is 5.92 Å². The first-order valence-corrected chi connectivity index (χ1v) is 10.6. The van der Waals surface area contributed by atoms with Gasteiger partial charge in [0.05, 0.1) is 10.8 Å². The molecule has 0 saturated heterocycles. The van der Waals surface area contributed by atoms with Crippen LogP contribution < -0.4 is 15.4 Å². The molecule has 9 heteroatoms. The lowest BCUT2D eigenvalue weighted by molar-refractivity contribution is -0.142. The van der Waals surface area contributed by atoms with Gasteiger partial charge in [0, 0.05) is 17.8 Å². The van der Waals surface area contributed by atoms with Crippen molar-refractivity contribution in [3.05, 3.63) is 24.3 Å². The number of rotatable bonds is 7. The third kappa shape index (κ3) is 6.21. The van der Waals surface area contributed by atoms with Gasteiger partial charge in [-0.25, -0.2) is 17.9 Å². The molecule has 2 rings (SSSR count). The van der Waals surface area contributed by atoms with Crippen LogP contribution >= 0.6 is 0 Å². The highest BCUT2D eigenvalue weighted by molar-refractivity contribution is 7.89. The van der Waals surface area contributed by atoms with E-state index in [0.29, 0.717) is 37.8 Å². The van der Waals surface area contributed by atoms with Crippen LogP contribution in [0.15, 0.2) is 29.2 Å². The average molecular weight is 397 g/mol. The summed E-state index contributed by atoms with van der Waals surface area (Å²) in [5.41, 5.74) is 0.374. The van der Waals surface area contributed by atoms with E-state index in [-0.39, 0.29) is 22.9 Å². The van der Waals surface area contributed by atoms with Crippen LogP contribution in [0.2, 0.25) is 0 Å². The van der Waals surface area contributed by atoms with Crippen molar-refractivity contribution in [3.63, 3.8) is 0 Å². The number of carbonyl (C=O) groups is 2. The van der Waals surface area contributed by atoms with E-state index < -0.39 is 22.0 Å². The van der Waals surface area contributed by atoms with Gasteiger partial charge in [-0.05, 0) is 57.2 Å². The summed E-state index contributed by atoms with van der Waals surface area (Å²) in [5.74, 6) is -1.13. The van der Waals surface area contributed by atoms with E-state index >= 15 is 0 Å². The summed E-state index contributed by atoms with van der Waals surface area (Å²) in [5, 5.41) is 14.5. The SMILES string of the molecule is CCC(C)NS(=O)(=O)c1cccc(NC(=O)NC2CCC(C(=O)O)CC2)c1. The Hall–Kier alpha value is -2.13. The molecule has 1 aliphatic rings. The maximum Gasteiger partial charge on any atom is 0.319 e. The molecule has 150 valence electrons. The van der Waals surface area contributed by atoms with Gasteiger partial charge in [0.2, 0.25) is 10.0 Å². The van der Waals surface area contributed by atoms with E-state index in [1.165, 1.54) is 12.1 Å². The van der Waals surface area contributed by atoms with Gasteiger partial charge in [-0.15, -0.1) is 0 Å². The fourth-order valence-corrected chi connectivity index (χ4v) is 4.37. The Morgan fingerprint density at radius 3 is 2.48 bits per heavy atom. The van der Waals surface area contributed by atoms with Crippen LogP contribution in [0.25, 0.3) is 0 Å². The van der Waals surface area contributed by atoms with Crippen LogP contribution in [0.3, 0.4) is 0 Å². The van der Waals surface area contributed by atoms with Gasteiger partial charge >= 0.3 is 12.0 Å². The summed E-state index contributed by atoms with van der Waals surface area (Å²) in [6.07, 6.45) is 2.96. The smallest absolute Gasteiger partial charge is 0.319 e. The molecule has 4 N–H and O–H groups in total. The van der Waals surface area contributed by atoms with Gasteiger partial charge in [-0.1, -0.05) is 13.0 Å². The van der Waals surface area contributed by atoms with E-state index in [9.17, 15) is 18.0 Å². The molecule has 0 aromatic heterocycles. The molecule has 8 nitrogen and oxygen atoms in total. The van der Waals surface area contributed by atoms with Crippen molar-refractivity contribution in [3.8, 4) is 0 Å². The Bertz CT molecular complexity index is 773. The standard InChI is InChI=1S/C18H27N3O5S/c1-3-12(2)21-27(25,26)16-6-4-5-15(11-16)20-18(24)19-14-9-7-13(8-10-14)17(22)23/h4-6,11-14,21H,3,7-10H2,1-2H3,(H,22,23)(H2,19,20,24). The molecule has 2 amide bonds. The number of carboxylic acids is 1. The van der Waals surface area contributed by atoms with Crippen molar-refractivity contribution in [2.45, 2.75) is 62.9 Å². The normalized spacial score (nSPS) is 21.3. The number of hydrogen-bond donors (Lipinski definition) is 4. The van der Waals surface area contributed by atoms with Crippen LogP contribution in [0.1, 0.15) is 46.0 Å². The molecule has 0 radical (unpaired) electrons. The van der Waals surface area contributed by atoms with Gasteiger partial charge in [0.15, 0.2) is 0 Å². The van der Waals surface area contributed by atoms with Crippen LogP contribution in [-0.2, 0) is 14.8 Å². The Kier molecular flexibility index (Phi) is 7.20. The number of carboxylic acid groups (broad SMARTS) is 1. The molecule has 0 spiro atoms. The zero-order valence-corrected chi connectivity index (χ0v) is 16.4. The Morgan fingerprint density at radius 2 is 1.89 bits per heavy atom. The number of anilines is 1. The molecule has 0 bridgehead atoms. The zero-order valence-electron chi connectivity index (χ0n) is 15.6. The van der Waals surface area contributed by atoms with Gasteiger partial charge in [-0.3, -0.25) is 4.79 Å². The zero-order chi connectivity index (χ0) is 20.0. The Balaban J connectivity index is 1.94. The summed E-state index contributed by atoms with van der Waals surface area (Å²) < 4.78 is 27.3. The number of amides is 2. The summed E-state index contributed by atoms with van der Waals surface area (Å²) >= 11 is 0. The Morgan fingerprint density at radius 1 is 1.22 bits per heavy atom. The number of hydrogen-bond acceptors (Lipinski definition) is 4. The number of urea groups is 1. The minimum absolute atomic E-state index is 0.0837. The average Bonchev–Trinajstić information content (AvgIpc) is 2.61.